The van der Waals surface area contributed by atoms with Crippen LogP contribution in [-0.2, 0) is 27.4 Å². The van der Waals surface area contributed by atoms with Crippen molar-refractivity contribution in [1.82, 2.24) is 29.5 Å². The number of halogens is 1. The summed E-state index contributed by atoms with van der Waals surface area (Å²) in [6.45, 7) is 0. The molecule has 0 N–H and O–H groups in total. The number of para-hydroxylation sites is 1. The molecule has 0 saturated carbocycles. The van der Waals surface area contributed by atoms with E-state index in [1.807, 2.05) is 0 Å². The van der Waals surface area contributed by atoms with Crippen LogP contribution in [0.4, 0.5) is 0 Å². The molecule has 0 aliphatic carbocycles. The maximum atomic E-state index is 13.4. The van der Waals surface area contributed by atoms with Crippen LogP contribution in [0.15, 0.2) is 48.8 Å². The highest BCUT2D eigenvalue weighted by atomic mass is 35.5. The molecule has 0 bridgehead atoms. The zero-order valence-electron chi connectivity index (χ0n) is 20.1. The molecule has 3 aromatic heterocycles. The normalized spacial score (nSPS) is 12.5. The van der Waals surface area contributed by atoms with E-state index < -0.39 is 21.7 Å². The van der Waals surface area contributed by atoms with Crippen molar-refractivity contribution in [2.24, 2.45) is 7.05 Å². The fourth-order valence-corrected chi connectivity index (χ4v) is 5.31. The van der Waals surface area contributed by atoms with Crippen molar-refractivity contribution in [3.05, 3.63) is 65.3 Å². The van der Waals surface area contributed by atoms with Gasteiger partial charge in [-0.1, -0.05) is 17.7 Å². The van der Waals surface area contributed by atoms with E-state index in [9.17, 15) is 8.42 Å². The Kier molecular flexibility index (Phi) is 7.57. The first-order valence-corrected chi connectivity index (χ1v) is 13.0. The zero-order chi connectivity index (χ0) is 25.9. The fraction of sp³-hybridized carbons (Fsp3) is 0.304. The van der Waals surface area contributed by atoms with Gasteiger partial charge in [-0.15, -0.1) is 10.2 Å². The summed E-state index contributed by atoms with van der Waals surface area (Å²) in [4.78, 5) is 4.20. The van der Waals surface area contributed by atoms with E-state index in [2.05, 4.69) is 20.3 Å². The van der Waals surface area contributed by atoms with E-state index >= 15 is 0 Å². The van der Waals surface area contributed by atoms with Crippen LogP contribution in [0.3, 0.4) is 0 Å². The summed E-state index contributed by atoms with van der Waals surface area (Å²) in [6.07, 6.45) is 2.41. The Labute approximate surface area is 213 Å². The molecule has 0 spiro atoms. The second kappa shape index (κ2) is 10.6. The van der Waals surface area contributed by atoms with Crippen LogP contribution in [0.2, 0.25) is 5.02 Å². The highest BCUT2D eigenvalue weighted by molar-refractivity contribution is 7.90. The molecule has 36 heavy (non-hydrogen) atoms. The van der Waals surface area contributed by atoms with Gasteiger partial charge in [0.05, 0.1) is 30.7 Å². The topological polar surface area (TPSA) is 123 Å². The molecule has 4 aromatic rings. The second-order valence-electron chi connectivity index (χ2n) is 7.84. The second-order valence-corrected chi connectivity index (χ2v) is 10.4. The van der Waals surface area contributed by atoms with Gasteiger partial charge in [0, 0.05) is 26.6 Å². The monoisotopic (exact) mass is 532 g/mol. The van der Waals surface area contributed by atoms with Crippen LogP contribution < -0.4 is 9.47 Å². The lowest BCUT2D eigenvalue weighted by atomic mass is 10.2. The quantitative estimate of drug-likeness (QED) is 0.303. The van der Waals surface area contributed by atoms with E-state index in [4.69, 9.17) is 25.8 Å². The van der Waals surface area contributed by atoms with Crippen LogP contribution in [0, 0.1) is 0 Å². The van der Waals surface area contributed by atoms with E-state index in [-0.39, 0.29) is 11.6 Å². The Morgan fingerprint density at radius 2 is 1.75 bits per heavy atom. The molecular weight excluding hydrogens is 508 g/mol. The van der Waals surface area contributed by atoms with Crippen molar-refractivity contribution in [1.29, 1.82) is 0 Å². The summed E-state index contributed by atoms with van der Waals surface area (Å²) in [5.74, 6) is 0.646. The maximum Gasteiger partial charge on any atom is 0.189 e. The Morgan fingerprint density at radius 3 is 2.31 bits per heavy atom. The van der Waals surface area contributed by atoms with Crippen LogP contribution in [-0.4, -0.2) is 65.0 Å². The van der Waals surface area contributed by atoms with Gasteiger partial charge in [-0.3, -0.25) is 14.2 Å². The minimum atomic E-state index is -3.77. The molecule has 0 amide bonds. The lowest BCUT2D eigenvalue weighted by molar-refractivity contribution is 0.118. The van der Waals surface area contributed by atoms with E-state index in [1.165, 1.54) is 27.5 Å². The smallest absolute Gasteiger partial charge is 0.189 e. The van der Waals surface area contributed by atoms with Gasteiger partial charge in [0.2, 0.25) is 0 Å². The number of aryl methyl sites for hydroxylation is 1. The Bertz CT molecular complexity index is 1430. The van der Waals surface area contributed by atoms with Crippen LogP contribution in [0.25, 0.3) is 17.2 Å². The highest BCUT2D eigenvalue weighted by Gasteiger charge is 2.29. The Morgan fingerprint density at radius 1 is 1.03 bits per heavy atom. The molecular formula is C23H25ClN6O5S. The molecule has 4 rings (SSSR count). The molecule has 0 aliphatic rings. The van der Waals surface area contributed by atoms with Gasteiger partial charge in [-0.25, -0.2) is 8.42 Å². The van der Waals surface area contributed by atoms with Crippen molar-refractivity contribution in [3.63, 3.8) is 0 Å². The first-order valence-electron chi connectivity index (χ1n) is 10.8. The van der Waals surface area contributed by atoms with Crippen molar-refractivity contribution in [2.45, 2.75) is 11.9 Å². The molecule has 0 radical (unpaired) electrons. The zero-order valence-corrected chi connectivity index (χ0v) is 21.7. The largest absolute Gasteiger partial charge is 0.494 e. The average Bonchev–Trinajstić information content (AvgIpc) is 3.47. The third-order valence-electron chi connectivity index (χ3n) is 5.42. The number of benzene rings is 1. The third kappa shape index (κ3) is 5.35. The first-order chi connectivity index (χ1) is 17.3. The molecule has 3 heterocycles. The summed E-state index contributed by atoms with van der Waals surface area (Å²) < 4.78 is 46.5. The van der Waals surface area contributed by atoms with Gasteiger partial charge in [0.25, 0.3) is 0 Å². The Balaban J connectivity index is 1.78. The first kappa shape index (κ1) is 25.6. The summed E-state index contributed by atoms with van der Waals surface area (Å²) in [6, 6.07) is 10.3. The molecule has 0 fully saturated rings. The summed E-state index contributed by atoms with van der Waals surface area (Å²) in [5, 5.41) is 13.4. The number of rotatable bonds is 10. The molecule has 190 valence electrons. The molecule has 11 nitrogen and oxygen atoms in total. The highest BCUT2D eigenvalue weighted by Crippen LogP contribution is 2.36. The number of pyridine rings is 1. The average molecular weight is 533 g/mol. The van der Waals surface area contributed by atoms with Crippen molar-refractivity contribution in [3.8, 4) is 28.7 Å². The predicted octanol–water partition coefficient (Wildman–Crippen LogP) is 3.04. The predicted molar refractivity (Wildman–Crippen MR) is 133 cm³/mol. The number of sulfone groups is 1. The van der Waals surface area contributed by atoms with Crippen molar-refractivity contribution >= 4 is 21.4 Å². The van der Waals surface area contributed by atoms with Crippen LogP contribution in [0.1, 0.15) is 17.6 Å². The van der Waals surface area contributed by atoms with Crippen molar-refractivity contribution in [2.75, 3.05) is 27.1 Å². The lowest BCUT2D eigenvalue weighted by Crippen LogP contribution is -2.20. The SMILES string of the molecule is COc1cccc(OC)c1-n1c(CS(=O)(=O)C[C@@H](OC)c2ccc(Cl)cn2)nnc1-c1ccn(C)n1. The van der Waals surface area contributed by atoms with Gasteiger partial charge in [-0.2, -0.15) is 5.10 Å². The number of hydrogen-bond acceptors (Lipinski definition) is 9. The number of nitrogens with zero attached hydrogens (tertiary/aromatic N) is 6. The van der Waals surface area contributed by atoms with Gasteiger partial charge >= 0.3 is 0 Å². The number of methoxy groups -OCH3 is 3. The molecule has 0 unspecified atom stereocenters. The van der Waals surface area contributed by atoms with E-state index in [0.29, 0.717) is 39.4 Å². The van der Waals surface area contributed by atoms with Gasteiger partial charge < -0.3 is 14.2 Å². The number of ether oxygens (including phenoxy) is 3. The third-order valence-corrected chi connectivity index (χ3v) is 7.15. The van der Waals surface area contributed by atoms with E-state index in [1.54, 1.807) is 58.9 Å². The maximum absolute atomic E-state index is 13.4. The molecule has 13 heteroatoms. The van der Waals surface area contributed by atoms with Crippen LogP contribution >= 0.6 is 11.6 Å². The molecule has 1 atom stereocenters. The lowest BCUT2D eigenvalue weighted by Gasteiger charge is -2.18. The standard InChI is InChI=1S/C23H25ClN6O5S/c1-29-11-10-17(28-29)23-27-26-21(30(23)22-18(33-2)6-5-7-19(22)34-3)14-36(31,32)13-20(35-4)16-9-8-15(24)12-25-16/h5-12,20H,13-14H2,1-4H3/t20-/m1/s1. The summed E-state index contributed by atoms with van der Waals surface area (Å²) >= 11 is 5.91. The Hall–Kier alpha value is -3.48. The minimum absolute atomic E-state index is 0.164. The van der Waals surface area contributed by atoms with Gasteiger partial charge in [-0.05, 0) is 30.3 Å². The summed E-state index contributed by atoms with van der Waals surface area (Å²) in [7, 11) is 2.47. The molecule has 1 aromatic carbocycles. The van der Waals surface area contributed by atoms with Gasteiger partial charge in [0.1, 0.15) is 34.7 Å². The summed E-state index contributed by atoms with van der Waals surface area (Å²) in [5.41, 5.74) is 1.41. The minimum Gasteiger partial charge on any atom is -0.494 e. The van der Waals surface area contributed by atoms with Crippen molar-refractivity contribution < 1.29 is 22.6 Å². The van der Waals surface area contributed by atoms with Gasteiger partial charge in [0.15, 0.2) is 21.5 Å². The molecule has 0 aliphatic heterocycles. The molecule has 0 saturated heterocycles. The fourth-order valence-electron chi connectivity index (χ4n) is 3.74. The number of hydrogen-bond donors (Lipinski definition) is 0. The van der Waals surface area contributed by atoms with Crippen LogP contribution in [0.5, 0.6) is 11.5 Å². The van der Waals surface area contributed by atoms with E-state index in [0.717, 1.165) is 0 Å². The number of aromatic nitrogens is 6.